The Morgan fingerprint density at radius 3 is 3.04 bits per heavy atom. The third kappa shape index (κ3) is 2.70. The molecule has 1 saturated carbocycles. The molecule has 23 heavy (non-hydrogen) atoms. The van der Waals surface area contributed by atoms with E-state index < -0.39 is 0 Å². The van der Waals surface area contributed by atoms with Gasteiger partial charge in [-0.25, -0.2) is 4.79 Å². The second-order valence-electron chi connectivity index (χ2n) is 6.31. The lowest BCUT2D eigenvalue weighted by molar-refractivity contribution is 0.231. The number of benzene rings is 1. The van der Waals surface area contributed by atoms with Gasteiger partial charge in [-0.1, -0.05) is 12.1 Å². The average Bonchev–Trinajstić information content (AvgIpc) is 3.31. The number of hydrogen-bond acceptors (Lipinski definition) is 4. The summed E-state index contributed by atoms with van der Waals surface area (Å²) in [5, 5.41) is 10.7. The van der Waals surface area contributed by atoms with E-state index in [2.05, 4.69) is 15.7 Å². The monoisotopic (exact) mass is 312 g/mol. The van der Waals surface area contributed by atoms with Crippen LogP contribution in [0.4, 0.5) is 4.79 Å². The molecule has 2 aromatic rings. The molecule has 1 amide bonds. The lowest BCUT2D eigenvalue weighted by atomic mass is 10.1. The summed E-state index contributed by atoms with van der Waals surface area (Å²) in [6, 6.07) is 8.18. The van der Waals surface area contributed by atoms with Gasteiger partial charge in [-0.15, -0.1) is 0 Å². The van der Waals surface area contributed by atoms with Gasteiger partial charge in [0.2, 0.25) is 0 Å². The van der Waals surface area contributed by atoms with Crippen LogP contribution in [0.2, 0.25) is 0 Å². The second-order valence-corrected chi connectivity index (χ2v) is 6.31. The van der Waals surface area contributed by atoms with Gasteiger partial charge in [-0.05, 0) is 43.0 Å². The third-order valence-electron chi connectivity index (χ3n) is 4.83. The first-order valence-electron chi connectivity index (χ1n) is 7.96. The minimum absolute atomic E-state index is 0.168. The fraction of sp³-hybridized carbons (Fsp3) is 0.412. The van der Waals surface area contributed by atoms with E-state index in [9.17, 15) is 4.79 Å². The highest BCUT2D eigenvalue weighted by atomic mass is 16.5. The summed E-state index contributed by atoms with van der Waals surface area (Å²) in [6.45, 7) is 1.08. The van der Waals surface area contributed by atoms with Gasteiger partial charge < -0.3 is 15.4 Å². The Hall–Kier alpha value is -2.34. The van der Waals surface area contributed by atoms with Crippen LogP contribution in [0.15, 0.2) is 36.7 Å². The lowest BCUT2D eigenvalue weighted by Crippen LogP contribution is -2.49. The van der Waals surface area contributed by atoms with Crippen molar-refractivity contribution in [1.29, 1.82) is 0 Å². The SMILES string of the molecule is COc1cccc(-c2cnn(C(=O)NC3CC4CNC3C4)c2)c1. The number of amides is 1. The topological polar surface area (TPSA) is 68.2 Å². The van der Waals surface area contributed by atoms with Crippen LogP contribution >= 0.6 is 0 Å². The smallest absolute Gasteiger partial charge is 0.342 e. The molecule has 2 aliphatic rings. The highest BCUT2D eigenvalue weighted by molar-refractivity contribution is 5.78. The van der Waals surface area contributed by atoms with Crippen LogP contribution in [0.1, 0.15) is 12.8 Å². The Labute approximate surface area is 134 Å². The maximum Gasteiger partial charge on any atom is 0.342 e. The number of fused-ring (bicyclic) bond motifs is 2. The highest BCUT2D eigenvalue weighted by Crippen LogP contribution is 2.31. The lowest BCUT2D eigenvalue weighted by Gasteiger charge is -2.23. The molecule has 6 heteroatoms. The molecular formula is C17H20N4O2. The molecule has 1 aliphatic carbocycles. The number of carbonyl (C=O) groups is 1. The molecule has 1 aliphatic heterocycles. The predicted octanol–water partition coefficient (Wildman–Crippen LogP) is 1.87. The van der Waals surface area contributed by atoms with Gasteiger partial charge in [0.25, 0.3) is 0 Å². The summed E-state index contributed by atoms with van der Waals surface area (Å²) in [6.07, 6.45) is 5.69. The number of hydrogen-bond donors (Lipinski definition) is 2. The molecule has 4 rings (SSSR count). The highest BCUT2D eigenvalue weighted by Gasteiger charge is 2.40. The second kappa shape index (κ2) is 5.70. The standard InChI is InChI=1S/C17H20N4O2/c1-23-14-4-2-3-12(7-14)13-9-19-21(10-13)17(22)20-16-6-11-5-15(16)18-8-11/h2-4,7,9-11,15-16,18H,5-6,8H2,1H3,(H,20,22). The first-order chi connectivity index (χ1) is 11.2. The van der Waals surface area contributed by atoms with Crippen molar-refractivity contribution in [3.8, 4) is 16.9 Å². The first-order valence-corrected chi connectivity index (χ1v) is 7.96. The minimum Gasteiger partial charge on any atom is -0.497 e. The van der Waals surface area contributed by atoms with Crippen molar-refractivity contribution in [3.05, 3.63) is 36.7 Å². The average molecular weight is 312 g/mol. The van der Waals surface area contributed by atoms with Crippen molar-refractivity contribution in [2.45, 2.75) is 24.9 Å². The molecule has 2 fully saturated rings. The maximum absolute atomic E-state index is 12.4. The third-order valence-corrected chi connectivity index (χ3v) is 4.83. The normalized spacial score (nSPS) is 25.5. The molecule has 120 valence electrons. The predicted molar refractivity (Wildman–Crippen MR) is 86.4 cm³/mol. The number of nitrogens with zero attached hydrogens (tertiary/aromatic N) is 2. The van der Waals surface area contributed by atoms with E-state index in [0.29, 0.717) is 12.0 Å². The summed E-state index contributed by atoms with van der Waals surface area (Å²) in [5.41, 5.74) is 1.87. The first kappa shape index (κ1) is 14.3. The molecule has 1 aromatic carbocycles. The molecule has 2 N–H and O–H groups in total. The van der Waals surface area contributed by atoms with E-state index in [0.717, 1.165) is 29.8 Å². The summed E-state index contributed by atoms with van der Waals surface area (Å²) in [5.74, 6) is 1.49. The number of nitrogens with one attached hydrogen (secondary N) is 2. The molecule has 0 radical (unpaired) electrons. The number of carbonyl (C=O) groups excluding carboxylic acids is 1. The van der Waals surface area contributed by atoms with Crippen molar-refractivity contribution in [2.24, 2.45) is 5.92 Å². The van der Waals surface area contributed by atoms with Gasteiger partial charge in [0.05, 0.1) is 13.3 Å². The molecular weight excluding hydrogens is 292 g/mol. The van der Waals surface area contributed by atoms with E-state index in [1.54, 1.807) is 19.5 Å². The Balaban J connectivity index is 1.47. The Morgan fingerprint density at radius 1 is 1.39 bits per heavy atom. The van der Waals surface area contributed by atoms with Gasteiger partial charge in [0, 0.05) is 23.8 Å². The van der Waals surface area contributed by atoms with Gasteiger partial charge in [-0.3, -0.25) is 0 Å². The van der Waals surface area contributed by atoms with Gasteiger partial charge >= 0.3 is 6.03 Å². The quantitative estimate of drug-likeness (QED) is 0.908. The fourth-order valence-electron chi connectivity index (χ4n) is 3.62. The minimum atomic E-state index is -0.168. The molecule has 1 saturated heterocycles. The van der Waals surface area contributed by atoms with E-state index in [4.69, 9.17) is 4.74 Å². The molecule has 2 heterocycles. The largest absolute Gasteiger partial charge is 0.497 e. The van der Waals surface area contributed by atoms with E-state index in [-0.39, 0.29) is 12.1 Å². The number of aromatic nitrogens is 2. The Bertz CT molecular complexity index is 727. The Morgan fingerprint density at radius 2 is 2.30 bits per heavy atom. The van der Waals surface area contributed by atoms with Crippen molar-refractivity contribution >= 4 is 6.03 Å². The van der Waals surface area contributed by atoms with Crippen LogP contribution in [-0.2, 0) is 0 Å². The van der Waals surface area contributed by atoms with Crippen molar-refractivity contribution in [1.82, 2.24) is 20.4 Å². The number of ether oxygens (including phenoxy) is 1. The van der Waals surface area contributed by atoms with E-state index in [1.807, 2.05) is 24.3 Å². The van der Waals surface area contributed by atoms with Crippen LogP contribution in [0.3, 0.4) is 0 Å². The number of rotatable bonds is 3. The van der Waals surface area contributed by atoms with Crippen LogP contribution in [0.25, 0.3) is 11.1 Å². The van der Waals surface area contributed by atoms with Crippen molar-refractivity contribution in [3.63, 3.8) is 0 Å². The van der Waals surface area contributed by atoms with Crippen LogP contribution in [-0.4, -0.2) is 41.5 Å². The zero-order valence-electron chi connectivity index (χ0n) is 13.0. The van der Waals surface area contributed by atoms with Crippen LogP contribution < -0.4 is 15.4 Å². The molecule has 3 atom stereocenters. The molecule has 2 bridgehead atoms. The zero-order chi connectivity index (χ0) is 15.8. The summed E-state index contributed by atoms with van der Waals surface area (Å²) in [4.78, 5) is 12.4. The summed E-state index contributed by atoms with van der Waals surface area (Å²) < 4.78 is 6.61. The van der Waals surface area contributed by atoms with E-state index in [1.165, 1.54) is 11.1 Å². The molecule has 0 spiro atoms. The van der Waals surface area contributed by atoms with Crippen molar-refractivity contribution in [2.75, 3.05) is 13.7 Å². The molecule has 6 nitrogen and oxygen atoms in total. The summed E-state index contributed by atoms with van der Waals surface area (Å²) in [7, 11) is 1.64. The number of piperidine rings is 1. The van der Waals surface area contributed by atoms with Crippen molar-refractivity contribution < 1.29 is 9.53 Å². The fourth-order valence-corrected chi connectivity index (χ4v) is 3.62. The zero-order valence-corrected chi connectivity index (χ0v) is 13.0. The van der Waals surface area contributed by atoms with Gasteiger partial charge in [0.15, 0.2) is 0 Å². The van der Waals surface area contributed by atoms with E-state index >= 15 is 0 Å². The number of methoxy groups -OCH3 is 1. The Kier molecular flexibility index (Phi) is 3.53. The molecule has 3 unspecified atom stereocenters. The maximum atomic E-state index is 12.4. The van der Waals surface area contributed by atoms with Gasteiger partial charge in [0.1, 0.15) is 5.75 Å². The summed E-state index contributed by atoms with van der Waals surface area (Å²) >= 11 is 0. The van der Waals surface area contributed by atoms with Crippen LogP contribution in [0, 0.1) is 5.92 Å². The van der Waals surface area contributed by atoms with Gasteiger partial charge in [-0.2, -0.15) is 9.78 Å². The van der Waals surface area contributed by atoms with Crippen LogP contribution in [0.5, 0.6) is 5.75 Å². The molecule has 1 aromatic heterocycles.